The first-order chi connectivity index (χ1) is 8.85. The van der Waals surface area contributed by atoms with Gasteiger partial charge in [-0.25, -0.2) is 4.98 Å². The summed E-state index contributed by atoms with van der Waals surface area (Å²) in [6, 6.07) is 8.28. The fraction of sp³-hybridized carbons (Fsp3) is 0.308. The number of hydrogen-bond acceptors (Lipinski definition) is 4. The quantitative estimate of drug-likeness (QED) is 0.677. The Bertz CT molecular complexity index is 705. The van der Waals surface area contributed by atoms with Crippen LogP contribution < -0.4 is 0 Å². The van der Waals surface area contributed by atoms with Crippen molar-refractivity contribution < 1.29 is 0 Å². The van der Waals surface area contributed by atoms with Gasteiger partial charge in [-0.2, -0.15) is 0 Å². The fourth-order valence-corrected chi connectivity index (χ4v) is 2.53. The summed E-state index contributed by atoms with van der Waals surface area (Å²) in [4.78, 5) is 4.60. The molecule has 0 unspecified atom stereocenters. The van der Waals surface area contributed by atoms with Gasteiger partial charge in [0.25, 0.3) is 0 Å². The highest BCUT2D eigenvalue weighted by Crippen LogP contribution is 2.26. The molecule has 18 heavy (non-hydrogen) atoms. The number of para-hydroxylation sites is 1. The molecule has 0 radical (unpaired) electrons. The number of hydrogen-bond donors (Lipinski definition) is 0. The third-order valence-corrected chi connectivity index (χ3v) is 3.52. The first kappa shape index (κ1) is 11.5. The van der Waals surface area contributed by atoms with Gasteiger partial charge in [0.15, 0.2) is 5.65 Å². The minimum Gasteiger partial charge on any atom is -0.324 e. The average Bonchev–Trinajstić information content (AvgIpc) is 2.73. The van der Waals surface area contributed by atoms with E-state index in [-0.39, 0.29) is 0 Å². The zero-order valence-electron chi connectivity index (χ0n) is 10.4. The average molecular weight is 258 g/mol. The van der Waals surface area contributed by atoms with Crippen molar-refractivity contribution in [2.24, 2.45) is 0 Å². The molecule has 0 bridgehead atoms. The molecule has 4 nitrogen and oxygen atoms in total. The molecule has 2 heterocycles. The Morgan fingerprint density at radius 1 is 1.22 bits per heavy atom. The molecule has 3 rings (SSSR count). The lowest BCUT2D eigenvalue weighted by Crippen LogP contribution is -1.99. The van der Waals surface area contributed by atoms with Crippen molar-refractivity contribution in [3.8, 4) is 0 Å². The number of nitrogens with zero attached hydrogens (tertiary/aromatic N) is 4. The molecule has 1 aromatic carbocycles. The van der Waals surface area contributed by atoms with Gasteiger partial charge in [-0.15, -0.1) is 10.2 Å². The van der Waals surface area contributed by atoms with E-state index in [1.807, 2.05) is 12.3 Å². The largest absolute Gasteiger partial charge is 0.324 e. The predicted molar refractivity (Wildman–Crippen MR) is 74.9 cm³/mol. The highest BCUT2D eigenvalue weighted by atomic mass is 32.2. The standard InChI is InChI=1S/C13H14N4S/c1-3-8-17-10-7-5-4-6-9(10)11-12(17)14-13(18-2)16-15-11/h4-7H,3,8H2,1-2H3. The van der Waals surface area contributed by atoms with E-state index < -0.39 is 0 Å². The predicted octanol–water partition coefficient (Wildman–Crippen LogP) is 3.11. The molecule has 5 heteroatoms. The van der Waals surface area contributed by atoms with Crippen molar-refractivity contribution in [2.45, 2.75) is 25.0 Å². The van der Waals surface area contributed by atoms with E-state index in [0.29, 0.717) is 0 Å². The van der Waals surface area contributed by atoms with Gasteiger partial charge in [-0.05, 0) is 18.7 Å². The molecule has 92 valence electrons. The molecule has 0 atom stereocenters. The van der Waals surface area contributed by atoms with Gasteiger partial charge in [0, 0.05) is 11.9 Å². The van der Waals surface area contributed by atoms with Crippen molar-refractivity contribution >= 4 is 33.8 Å². The Labute approximate surface area is 109 Å². The number of aryl methyl sites for hydroxylation is 1. The molecule has 0 fully saturated rings. The van der Waals surface area contributed by atoms with Crippen LogP contribution in [0.15, 0.2) is 29.4 Å². The van der Waals surface area contributed by atoms with Crippen LogP contribution in [-0.2, 0) is 6.54 Å². The second kappa shape index (κ2) is 4.57. The van der Waals surface area contributed by atoms with Gasteiger partial charge in [-0.1, -0.05) is 36.9 Å². The number of aromatic nitrogens is 4. The molecule has 0 spiro atoms. The number of benzene rings is 1. The van der Waals surface area contributed by atoms with E-state index in [1.165, 1.54) is 17.3 Å². The normalized spacial score (nSPS) is 11.4. The molecule has 0 aliphatic heterocycles. The number of thioether (sulfide) groups is 1. The van der Waals surface area contributed by atoms with Crippen LogP contribution in [0.1, 0.15) is 13.3 Å². The van der Waals surface area contributed by atoms with Gasteiger partial charge in [0.1, 0.15) is 5.52 Å². The fourth-order valence-electron chi connectivity index (χ4n) is 2.23. The molecule has 0 saturated carbocycles. The summed E-state index contributed by atoms with van der Waals surface area (Å²) in [5.74, 6) is 0. The van der Waals surface area contributed by atoms with Crippen LogP contribution in [0.2, 0.25) is 0 Å². The molecule has 0 amide bonds. The second-order valence-electron chi connectivity index (χ2n) is 4.14. The summed E-state index contributed by atoms with van der Waals surface area (Å²) in [6.07, 6.45) is 3.04. The minimum atomic E-state index is 0.725. The highest BCUT2D eigenvalue weighted by Gasteiger charge is 2.13. The lowest BCUT2D eigenvalue weighted by Gasteiger charge is -2.03. The summed E-state index contributed by atoms with van der Waals surface area (Å²) in [5.41, 5.74) is 3.03. The topological polar surface area (TPSA) is 43.6 Å². The van der Waals surface area contributed by atoms with E-state index >= 15 is 0 Å². The molecule has 0 saturated heterocycles. The Morgan fingerprint density at radius 2 is 2.06 bits per heavy atom. The van der Waals surface area contributed by atoms with Crippen LogP contribution in [0, 0.1) is 0 Å². The Hall–Kier alpha value is -1.62. The summed E-state index contributed by atoms with van der Waals surface area (Å²) >= 11 is 1.52. The first-order valence-electron chi connectivity index (χ1n) is 6.00. The van der Waals surface area contributed by atoms with E-state index in [4.69, 9.17) is 0 Å². The Morgan fingerprint density at radius 3 is 2.83 bits per heavy atom. The van der Waals surface area contributed by atoms with Crippen molar-refractivity contribution in [3.63, 3.8) is 0 Å². The van der Waals surface area contributed by atoms with Crippen LogP contribution in [0.5, 0.6) is 0 Å². The maximum atomic E-state index is 4.60. The van der Waals surface area contributed by atoms with Crippen LogP contribution >= 0.6 is 11.8 Å². The second-order valence-corrected chi connectivity index (χ2v) is 4.91. The maximum Gasteiger partial charge on any atom is 0.210 e. The van der Waals surface area contributed by atoms with Gasteiger partial charge in [0.05, 0.1) is 5.52 Å². The van der Waals surface area contributed by atoms with Gasteiger partial charge < -0.3 is 4.57 Å². The van der Waals surface area contributed by atoms with Crippen molar-refractivity contribution in [1.29, 1.82) is 0 Å². The van der Waals surface area contributed by atoms with E-state index in [1.54, 1.807) is 0 Å². The molecule has 0 N–H and O–H groups in total. The summed E-state index contributed by atoms with van der Waals surface area (Å²) < 4.78 is 2.24. The van der Waals surface area contributed by atoms with Crippen molar-refractivity contribution in [2.75, 3.05) is 6.26 Å². The third-order valence-electron chi connectivity index (χ3n) is 2.98. The number of fused-ring (bicyclic) bond motifs is 3. The molecule has 0 aliphatic carbocycles. The lowest BCUT2D eigenvalue weighted by molar-refractivity contribution is 0.709. The monoisotopic (exact) mass is 258 g/mol. The minimum absolute atomic E-state index is 0.725. The Balaban J connectivity index is 2.42. The molecule has 0 aliphatic rings. The van der Waals surface area contributed by atoms with Crippen molar-refractivity contribution in [1.82, 2.24) is 19.7 Å². The highest BCUT2D eigenvalue weighted by molar-refractivity contribution is 7.98. The maximum absolute atomic E-state index is 4.60. The molecular formula is C13H14N4S. The summed E-state index contributed by atoms with van der Waals surface area (Å²) in [6.45, 7) is 3.13. The smallest absolute Gasteiger partial charge is 0.210 e. The van der Waals surface area contributed by atoms with Crippen LogP contribution in [-0.4, -0.2) is 26.0 Å². The lowest BCUT2D eigenvalue weighted by atomic mass is 10.2. The molecular weight excluding hydrogens is 244 g/mol. The zero-order chi connectivity index (χ0) is 12.5. The van der Waals surface area contributed by atoms with Crippen LogP contribution in [0.4, 0.5) is 0 Å². The molecule has 2 aromatic heterocycles. The zero-order valence-corrected chi connectivity index (χ0v) is 11.2. The Kier molecular flexibility index (Phi) is 2.91. The summed E-state index contributed by atoms with van der Waals surface area (Å²) in [7, 11) is 0. The SMILES string of the molecule is CCCn1c2ccccc2c2nnc(SC)nc21. The van der Waals surface area contributed by atoms with E-state index in [9.17, 15) is 0 Å². The van der Waals surface area contributed by atoms with E-state index in [2.05, 4.69) is 44.9 Å². The van der Waals surface area contributed by atoms with Gasteiger partial charge >= 0.3 is 0 Å². The third kappa shape index (κ3) is 1.66. The van der Waals surface area contributed by atoms with Crippen molar-refractivity contribution in [3.05, 3.63) is 24.3 Å². The summed E-state index contributed by atoms with van der Waals surface area (Å²) in [5, 5.41) is 10.3. The van der Waals surface area contributed by atoms with Crippen LogP contribution in [0.3, 0.4) is 0 Å². The molecule has 3 aromatic rings. The van der Waals surface area contributed by atoms with E-state index in [0.717, 1.165) is 34.7 Å². The van der Waals surface area contributed by atoms with Crippen LogP contribution in [0.25, 0.3) is 22.1 Å². The first-order valence-corrected chi connectivity index (χ1v) is 7.23. The van der Waals surface area contributed by atoms with Gasteiger partial charge in [-0.3, -0.25) is 0 Å². The number of rotatable bonds is 3. The van der Waals surface area contributed by atoms with Gasteiger partial charge in [0.2, 0.25) is 5.16 Å².